The van der Waals surface area contributed by atoms with Gasteiger partial charge in [0.2, 0.25) is 0 Å². The number of nitrogens with one attached hydrogen (secondary N) is 2. The summed E-state index contributed by atoms with van der Waals surface area (Å²) in [7, 11) is 1.93. The molecule has 0 amide bonds. The van der Waals surface area contributed by atoms with Crippen molar-refractivity contribution >= 4 is 45.9 Å². The number of rotatable bonds is 9. The first-order valence-corrected chi connectivity index (χ1v) is 9.81. The number of halogens is 3. The fourth-order valence-corrected chi connectivity index (χ4v) is 2.96. The Balaban J connectivity index is 0.00000364. The largest absolute Gasteiger partial charge is 0.357 e. The van der Waals surface area contributed by atoms with Gasteiger partial charge in [-0.15, -0.1) is 24.0 Å². The molecule has 0 aliphatic rings. The van der Waals surface area contributed by atoms with E-state index in [0.717, 1.165) is 54.9 Å². The van der Waals surface area contributed by atoms with Crippen molar-refractivity contribution in [1.82, 2.24) is 20.4 Å². The Labute approximate surface area is 186 Å². The third-order valence-corrected chi connectivity index (χ3v) is 4.42. The van der Waals surface area contributed by atoms with Gasteiger partial charge in [-0.25, -0.2) is 4.39 Å². The third-order valence-electron chi connectivity index (χ3n) is 3.93. The smallest absolute Gasteiger partial charge is 0.191 e. The zero-order valence-corrected chi connectivity index (χ0v) is 19.8. The van der Waals surface area contributed by atoms with Crippen molar-refractivity contribution in [2.24, 2.45) is 12.0 Å². The van der Waals surface area contributed by atoms with Crippen molar-refractivity contribution in [3.8, 4) is 0 Å². The van der Waals surface area contributed by atoms with E-state index in [0.29, 0.717) is 6.42 Å². The fraction of sp³-hybridized carbons (Fsp3) is 0.474. The Morgan fingerprint density at radius 3 is 2.74 bits per heavy atom. The lowest BCUT2D eigenvalue weighted by molar-refractivity contribution is 0.602. The van der Waals surface area contributed by atoms with E-state index in [-0.39, 0.29) is 29.8 Å². The van der Waals surface area contributed by atoms with Gasteiger partial charge in [-0.05, 0) is 55.9 Å². The van der Waals surface area contributed by atoms with Crippen molar-refractivity contribution in [2.45, 2.75) is 32.6 Å². The van der Waals surface area contributed by atoms with Gasteiger partial charge in [0.1, 0.15) is 5.82 Å². The van der Waals surface area contributed by atoms with E-state index in [1.807, 2.05) is 43.2 Å². The average Bonchev–Trinajstić information content (AvgIpc) is 3.02. The predicted octanol–water partition coefficient (Wildman–Crippen LogP) is 4.06. The van der Waals surface area contributed by atoms with Gasteiger partial charge in [0, 0.05) is 37.4 Å². The molecule has 0 atom stereocenters. The molecule has 0 saturated carbocycles. The van der Waals surface area contributed by atoms with Gasteiger partial charge < -0.3 is 10.6 Å². The van der Waals surface area contributed by atoms with Crippen LogP contribution < -0.4 is 10.6 Å². The number of aryl methyl sites for hydroxylation is 3. The first-order valence-electron chi connectivity index (χ1n) is 9.02. The van der Waals surface area contributed by atoms with Gasteiger partial charge in [0.15, 0.2) is 5.96 Å². The molecule has 0 saturated heterocycles. The van der Waals surface area contributed by atoms with Gasteiger partial charge in [-0.2, -0.15) is 5.10 Å². The molecule has 0 bridgehead atoms. The Kier molecular flexibility index (Phi) is 11.6. The Morgan fingerprint density at radius 2 is 2.07 bits per heavy atom. The number of hydrogen-bond donors (Lipinski definition) is 2. The topological polar surface area (TPSA) is 54.2 Å². The summed E-state index contributed by atoms with van der Waals surface area (Å²) >= 11 is 3.28. The molecular weight excluding hydrogens is 524 g/mol. The van der Waals surface area contributed by atoms with Crippen LogP contribution in [0.5, 0.6) is 0 Å². The van der Waals surface area contributed by atoms with E-state index in [1.165, 1.54) is 11.6 Å². The number of aliphatic imine (C=N–C) groups is 1. The minimum atomic E-state index is -0.157. The lowest BCUT2D eigenvalue weighted by Crippen LogP contribution is -2.38. The van der Waals surface area contributed by atoms with Crippen LogP contribution in [0.4, 0.5) is 4.39 Å². The van der Waals surface area contributed by atoms with E-state index in [4.69, 9.17) is 0 Å². The molecule has 2 aromatic rings. The molecule has 1 heterocycles. The van der Waals surface area contributed by atoms with Crippen molar-refractivity contribution < 1.29 is 4.39 Å². The summed E-state index contributed by atoms with van der Waals surface area (Å²) < 4.78 is 16.4. The highest BCUT2D eigenvalue weighted by atomic mass is 127. The van der Waals surface area contributed by atoms with E-state index in [9.17, 15) is 4.39 Å². The van der Waals surface area contributed by atoms with Crippen molar-refractivity contribution in [3.05, 3.63) is 52.0 Å². The van der Waals surface area contributed by atoms with Gasteiger partial charge in [0.25, 0.3) is 0 Å². The van der Waals surface area contributed by atoms with Crippen molar-refractivity contribution in [1.29, 1.82) is 0 Å². The van der Waals surface area contributed by atoms with Gasteiger partial charge in [-0.1, -0.05) is 22.0 Å². The molecular formula is C19H28BrFIN5. The summed E-state index contributed by atoms with van der Waals surface area (Å²) in [5, 5.41) is 10.7. The summed E-state index contributed by atoms with van der Waals surface area (Å²) in [6.07, 6.45) is 7.43. The number of benzene rings is 1. The third kappa shape index (κ3) is 9.05. The molecule has 0 spiro atoms. The minimum absolute atomic E-state index is 0. The maximum Gasteiger partial charge on any atom is 0.191 e. The molecule has 2 N–H and O–H groups in total. The van der Waals surface area contributed by atoms with Crippen LogP contribution in [-0.2, 0) is 19.9 Å². The maximum atomic E-state index is 13.8. The molecule has 0 unspecified atom stereocenters. The molecule has 0 aliphatic heterocycles. The second-order valence-electron chi connectivity index (χ2n) is 6.15. The quantitative estimate of drug-likeness (QED) is 0.214. The summed E-state index contributed by atoms with van der Waals surface area (Å²) in [4.78, 5) is 4.60. The highest BCUT2D eigenvalue weighted by Gasteiger charge is 2.03. The van der Waals surface area contributed by atoms with Crippen LogP contribution in [0, 0.1) is 5.82 Å². The lowest BCUT2D eigenvalue weighted by Gasteiger charge is -2.11. The Hall–Kier alpha value is -1.16. The van der Waals surface area contributed by atoms with E-state index >= 15 is 0 Å². The SMILES string of the molecule is CCNC(=NCCCc1cnn(C)c1)NCCCc1ccc(Br)cc1F.I. The molecule has 5 nitrogen and oxygen atoms in total. The maximum absolute atomic E-state index is 13.8. The van der Waals surface area contributed by atoms with Crippen LogP contribution in [0.2, 0.25) is 0 Å². The predicted molar refractivity (Wildman–Crippen MR) is 123 cm³/mol. The zero-order valence-electron chi connectivity index (χ0n) is 15.8. The zero-order chi connectivity index (χ0) is 18.8. The molecule has 8 heteroatoms. The van der Waals surface area contributed by atoms with Crippen LogP contribution in [0.25, 0.3) is 0 Å². The first-order chi connectivity index (χ1) is 12.6. The number of aromatic nitrogens is 2. The van der Waals surface area contributed by atoms with Gasteiger partial charge in [0.05, 0.1) is 6.20 Å². The Bertz CT molecular complexity index is 720. The summed E-state index contributed by atoms with van der Waals surface area (Å²) in [5.41, 5.74) is 1.98. The number of nitrogens with zero attached hydrogens (tertiary/aromatic N) is 3. The molecule has 0 fully saturated rings. The number of guanidine groups is 1. The van der Waals surface area contributed by atoms with Crippen LogP contribution in [0.15, 0.2) is 40.1 Å². The van der Waals surface area contributed by atoms with Gasteiger partial charge in [-0.3, -0.25) is 9.67 Å². The monoisotopic (exact) mass is 551 g/mol. The molecule has 1 aromatic heterocycles. The molecule has 1 aromatic carbocycles. The van der Waals surface area contributed by atoms with Crippen molar-refractivity contribution in [2.75, 3.05) is 19.6 Å². The standard InChI is InChI=1S/C19H27BrFN5.HI/c1-3-22-19(23-10-4-6-15-13-25-26(2)14-15)24-11-5-7-16-8-9-17(20)12-18(16)21;/h8-9,12-14H,3-7,10-11H2,1-2H3,(H2,22,23,24);1H. The summed E-state index contributed by atoms with van der Waals surface area (Å²) in [6, 6.07) is 5.22. The summed E-state index contributed by atoms with van der Waals surface area (Å²) in [6.45, 7) is 4.37. The molecule has 27 heavy (non-hydrogen) atoms. The van der Waals surface area contributed by atoms with Crippen LogP contribution >= 0.6 is 39.9 Å². The first kappa shape index (κ1) is 23.9. The molecule has 0 radical (unpaired) electrons. The average molecular weight is 552 g/mol. The van der Waals surface area contributed by atoms with Crippen LogP contribution in [-0.4, -0.2) is 35.4 Å². The fourth-order valence-electron chi connectivity index (χ4n) is 2.63. The van der Waals surface area contributed by atoms with E-state index < -0.39 is 0 Å². The second kappa shape index (κ2) is 13.1. The van der Waals surface area contributed by atoms with E-state index in [1.54, 1.807) is 0 Å². The molecule has 0 aliphatic carbocycles. The minimum Gasteiger partial charge on any atom is -0.357 e. The highest BCUT2D eigenvalue weighted by molar-refractivity contribution is 14.0. The molecule has 150 valence electrons. The highest BCUT2D eigenvalue weighted by Crippen LogP contribution is 2.16. The second-order valence-corrected chi connectivity index (χ2v) is 7.07. The summed E-state index contributed by atoms with van der Waals surface area (Å²) in [5.74, 6) is 0.658. The van der Waals surface area contributed by atoms with Crippen LogP contribution in [0.3, 0.4) is 0 Å². The normalized spacial score (nSPS) is 11.2. The number of hydrogen-bond acceptors (Lipinski definition) is 2. The molecule has 2 rings (SSSR count). The van der Waals surface area contributed by atoms with Crippen molar-refractivity contribution in [3.63, 3.8) is 0 Å². The van der Waals surface area contributed by atoms with Crippen LogP contribution in [0.1, 0.15) is 30.9 Å². The van der Waals surface area contributed by atoms with E-state index in [2.05, 4.69) is 36.7 Å². The van der Waals surface area contributed by atoms with Gasteiger partial charge >= 0.3 is 0 Å². The lowest BCUT2D eigenvalue weighted by atomic mass is 10.1. The Morgan fingerprint density at radius 1 is 1.26 bits per heavy atom.